The second-order valence-electron chi connectivity index (χ2n) is 3.27. The minimum Gasteiger partial charge on any atom is -0.463 e. The summed E-state index contributed by atoms with van der Waals surface area (Å²) in [4.78, 5) is 18.3. The third-order valence-electron chi connectivity index (χ3n) is 2.12. The van der Waals surface area contributed by atoms with E-state index >= 15 is 0 Å². The molecule has 0 bridgehead atoms. The third kappa shape index (κ3) is 2.28. The Morgan fingerprint density at radius 1 is 1.62 bits per heavy atom. The summed E-state index contributed by atoms with van der Waals surface area (Å²) in [5, 5.41) is 1.02. The second-order valence-corrected chi connectivity index (χ2v) is 3.27. The van der Waals surface area contributed by atoms with Crippen molar-refractivity contribution in [3.63, 3.8) is 0 Å². The van der Waals surface area contributed by atoms with Gasteiger partial charge in [-0.2, -0.15) is 0 Å². The van der Waals surface area contributed by atoms with Crippen molar-refractivity contribution in [2.45, 2.75) is 6.92 Å². The average Bonchev–Trinajstić information content (AvgIpc) is 2.74. The summed E-state index contributed by atoms with van der Waals surface area (Å²) in [6.45, 7) is 2.16. The summed E-state index contributed by atoms with van der Waals surface area (Å²) in [5.41, 5.74) is 1.72. The van der Waals surface area contributed by atoms with Crippen LogP contribution < -0.4 is 0 Å². The van der Waals surface area contributed by atoms with E-state index in [0.29, 0.717) is 6.61 Å². The lowest BCUT2D eigenvalue weighted by Crippen LogP contribution is -1.98. The van der Waals surface area contributed by atoms with Crippen LogP contribution in [-0.2, 0) is 9.53 Å². The normalized spacial score (nSPS) is 11.1. The minimum absolute atomic E-state index is 0.336. The highest BCUT2D eigenvalue weighted by molar-refractivity contribution is 5.88. The molecule has 1 N–H and O–H groups in total. The molecule has 2 rings (SSSR count). The van der Waals surface area contributed by atoms with Crippen molar-refractivity contribution >= 4 is 23.1 Å². The Hall–Kier alpha value is -2.10. The topological polar surface area (TPSA) is 55.0 Å². The van der Waals surface area contributed by atoms with Crippen LogP contribution in [-0.4, -0.2) is 22.5 Å². The molecule has 0 aliphatic carbocycles. The van der Waals surface area contributed by atoms with Gasteiger partial charge in [0.1, 0.15) is 5.65 Å². The number of hydrogen-bond donors (Lipinski definition) is 1. The molecule has 0 spiro atoms. The van der Waals surface area contributed by atoms with Crippen molar-refractivity contribution in [1.82, 2.24) is 9.97 Å². The summed E-state index contributed by atoms with van der Waals surface area (Å²) < 4.78 is 4.78. The molecule has 82 valence electrons. The van der Waals surface area contributed by atoms with Crippen molar-refractivity contribution in [3.05, 3.63) is 36.2 Å². The SMILES string of the molecule is CCOC(=O)C=Cc1cnc2[nH]ccc2c1. The highest BCUT2D eigenvalue weighted by Crippen LogP contribution is 2.12. The first kappa shape index (κ1) is 10.4. The maximum Gasteiger partial charge on any atom is 0.330 e. The van der Waals surface area contributed by atoms with Crippen LogP contribution in [0.2, 0.25) is 0 Å². The number of pyridine rings is 1. The van der Waals surface area contributed by atoms with Crippen LogP contribution in [0.25, 0.3) is 17.1 Å². The van der Waals surface area contributed by atoms with Crippen molar-refractivity contribution in [2.24, 2.45) is 0 Å². The molecule has 0 aliphatic rings. The Morgan fingerprint density at radius 2 is 2.50 bits per heavy atom. The lowest BCUT2D eigenvalue weighted by molar-refractivity contribution is -0.137. The monoisotopic (exact) mass is 216 g/mol. The van der Waals surface area contributed by atoms with Gasteiger partial charge in [0.15, 0.2) is 0 Å². The molecule has 4 nitrogen and oxygen atoms in total. The predicted molar refractivity (Wildman–Crippen MR) is 61.8 cm³/mol. The van der Waals surface area contributed by atoms with Crippen molar-refractivity contribution in [3.8, 4) is 0 Å². The second kappa shape index (κ2) is 4.61. The van der Waals surface area contributed by atoms with E-state index in [4.69, 9.17) is 4.74 Å². The highest BCUT2D eigenvalue weighted by Gasteiger charge is 1.97. The number of nitrogens with one attached hydrogen (secondary N) is 1. The smallest absolute Gasteiger partial charge is 0.330 e. The number of fused-ring (bicyclic) bond motifs is 1. The van der Waals surface area contributed by atoms with Gasteiger partial charge >= 0.3 is 5.97 Å². The van der Waals surface area contributed by atoms with Crippen LogP contribution in [0.1, 0.15) is 12.5 Å². The average molecular weight is 216 g/mol. The first-order chi connectivity index (χ1) is 7.79. The lowest BCUT2D eigenvalue weighted by Gasteiger charge is -1.95. The molecule has 2 aromatic rings. The molecule has 4 heteroatoms. The van der Waals surface area contributed by atoms with E-state index in [2.05, 4.69) is 9.97 Å². The van der Waals surface area contributed by atoms with Gasteiger partial charge in [-0.05, 0) is 30.7 Å². The van der Waals surface area contributed by atoms with Crippen molar-refractivity contribution < 1.29 is 9.53 Å². The Morgan fingerprint density at radius 3 is 3.31 bits per heavy atom. The first-order valence-corrected chi connectivity index (χ1v) is 5.07. The molecule has 0 unspecified atom stereocenters. The van der Waals surface area contributed by atoms with Gasteiger partial charge in [0.05, 0.1) is 6.61 Å². The van der Waals surface area contributed by atoms with E-state index in [0.717, 1.165) is 16.6 Å². The summed E-state index contributed by atoms with van der Waals surface area (Å²) in [6.07, 6.45) is 6.63. The van der Waals surface area contributed by atoms with Gasteiger partial charge in [-0.15, -0.1) is 0 Å². The number of nitrogens with zero attached hydrogens (tertiary/aromatic N) is 1. The number of carbonyl (C=O) groups excluding carboxylic acids is 1. The van der Waals surface area contributed by atoms with Crippen LogP contribution in [0, 0.1) is 0 Å². The van der Waals surface area contributed by atoms with Crippen molar-refractivity contribution in [2.75, 3.05) is 6.61 Å². The summed E-state index contributed by atoms with van der Waals surface area (Å²) >= 11 is 0. The van der Waals surface area contributed by atoms with E-state index in [-0.39, 0.29) is 5.97 Å². The highest BCUT2D eigenvalue weighted by atomic mass is 16.5. The van der Waals surface area contributed by atoms with E-state index in [9.17, 15) is 4.79 Å². The van der Waals surface area contributed by atoms with Gasteiger partial charge in [-0.25, -0.2) is 9.78 Å². The third-order valence-corrected chi connectivity index (χ3v) is 2.12. The molecule has 2 heterocycles. The van der Waals surface area contributed by atoms with Gasteiger partial charge in [0, 0.05) is 23.9 Å². The first-order valence-electron chi connectivity index (χ1n) is 5.07. The van der Waals surface area contributed by atoms with Crippen LogP contribution in [0.3, 0.4) is 0 Å². The number of aromatic nitrogens is 2. The molecule has 0 atom stereocenters. The molecule has 2 aromatic heterocycles. The van der Waals surface area contributed by atoms with E-state index < -0.39 is 0 Å². The molecule has 0 fully saturated rings. The maximum absolute atomic E-state index is 11.1. The molecule has 0 saturated heterocycles. The molecular formula is C12H12N2O2. The van der Waals surface area contributed by atoms with Gasteiger partial charge in [-0.3, -0.25) is 0 Å². The van der Waals surface area contributed by atoms with Gasteiger partial charge < -0.3 is 9.72 Å². The molecule has 0 amide bonds. The number of ether oxygens (including phenoxy) is 1. The number of hydrogen-bond acceptors (Lipinski definition) is 3. The number of carbonyl (C=O) groups is 1. The summed E-state index contributed by atoms with van der Waals surface area (Å²) in [6, 6.07) is 3.89. The van der Waals surface area contributed by atoms with E-state index in [1.165, 1.54) is 6.08 Å². The molecule has 0 aromatic carbocycles. The van der Waals surface area contributed by atoms with Crippen LogP contribution >= 0.6 is 0 Å². The standard InChI is InChI=1S/C12H12N2O2/c1-2-16-11(15)4-3-9-7-10-5-6-13-12(10)14-8-9/h3-8H,2H2,1H3,(H,13,14). The summed E-state index contributed by atoms with van der Waals surface area (Å²) in [7, 11) is 0. The molecule has 16 heavy (non-hydrogen) atoms. The van der Waals surface area contributed by atoms with E-state index in [1.54, 1.807) is 19.2 Å². The predicted octanol–water partition coefficient (Wildman–Crippen LogP) is 2.14. The molecule has 0 radical (unpaired) electrons. The number of aromatic amines is 1. The maximum atomic E-state index is 11.1. The van der Waals surface area contributed by atoms with Gasteiger partial charge in [0.25, 0.3) is 0 Å². The number of H-pyrrole nitrogens is 1. The van der Waals surface area contributed by atoms with Crippen LogP contribution in [0.4, 0.5) is 0 Å². The minimum atomic E-state index is -0.336. The van der Waals surface area contributed by atoms with Gasteiger partial charge in [-0.1, -0.05) is 0 Å². The largest absolute Gasteiger partial charge is 0.463 e. The fourth-order valence-corrected chi connectivity index (χ4v) is 1.40. The summed E-state index contributed by atoms with van der Waals surface area (Å²) in [5.74, 6) is -0.336. The zero-order chi connectivity index (χ0) is 11.4. The Balaban J connectivity index is 2.17. The fourth-order valence-electron chi connectivity index (χ4n) is 1.40. The fraction of sp³-hybridized carbons (Fsp3) is 0.167. The van der Waals surface area contributed by atoms with E-state index in [1.807, 2.05) is 18.3 Å². The number of esters is 1. The Kier molecular flexibility index (Phi) is 3.00. The zero-order valence-electron chi connectivity index (χ0n) is 8.93. The van der Waals surface area contributed by atoms with Crippen molar-refractivity contribution in [1.29, 1.82) is 0 Å². The lowest BCUT2D eigenvalue weighted by atomic mass is 10.2. The Labute approximate surface area is 93.0 Å². The number of rotatable bonds is 3. The quantitative estimate of drug-likeness (QED) is 0.631. The van der Waals surface area contributed by atoms with Crippen LogP contribution in [0.5, 0.6) is 0 Å². The molecule has 0 saturated carbocycles. The van der Waals surface area contributed by atoms with Gasteiger partial charge in [0.2, 0.25) is 0 Å². The molecular weight excluding hydrogens is 204 g/mol. The molecule has 0 aliphatic heterocycles. The Bertz CT molecular complexity index is 529. The van der Waals surface area contributed by atoms with Crippen LogP contribution in [0.15, 0.2) is 30.6 Å². The zero-order valence-corrected chi connectivity index (χ0v) is 8.93.